The second kappa shape index (κ2) is 7.28. The fourth-order valence-electron chi connectivity index (χ4n) is 1.79. The van der Waals surface area contributed by atoms with Crippen LogP contribution in [-0.4, -0.2) is 31.4 Å². The molecule has 1 amide bonds. The van der Waals surface area contributed by atoms with Gasteiger partial charge in [-0.3, -0.25) is 4.79 Å². The summed E-state index contributed by atoms with van der Waals surface area (Å²) in [7, 11) is 3.73. The van der Waals surface area contributed by atoms with Gasteiger partial charge >= 0.3 is 0 Å². The second-order valence-electron chi connectivity index (χ2n) is 4.98. The smallest absolute Gasteiger partial charge is 0.238 e. The van der Waals surface area contributed by atoms with Crippen LogP contribution in [-0.2, 0) is 4.79 Å². The summed E-state index contributed by atoms with van der Waals surface area (Å²) in [6, 6.07) is 17.4. The molecule has 0 aromatic heterocycles. The van der Waals surface area contributed by atoms with Crippen molar-refractivity contribution in [3.05, 3.63) is 65.7 Å². The first-order valence-electron chi connectivity index (χ1n) is 6.75. The third kappa shape index (κ3) is 5.13. The molecule has 0 saturated heterocycles. The SMILES string of the molecule is CN(C)CC(=O)Nc1ccc(C#Cc2ccccc2)cc1. The molecule has 21 heavy (non-hydrogen) atoms. The maximum absolute atomic E-state index is 11.6. The largest absolute Gasteiger partial charge is 0.325 e. The van der Waals surface area contributed by atoms with Crippen LogP contribution in [0.5, 0.6) is 0 Å². The van der Waals surface area contributed by atoms with Crippen molar-refractivity contribution in [2.75, 3.05) is 26.0 Å². The molecule has 0 aliphatic rings. The molecular weight excluding hydrogens is 260 g/mol. The van der Waals surface area contributed by atoms with E-state index in [4.69, 9.17) is 0 Å². The Balaban J connectivity index is 2.00. The van der Waals surface area contributed by atoms with Gasteiger partial charge in [0.2, 0.25) is 5.91 Å². The molecule has 0 atom stereocenters. The molecule has 2 aromatic rings. The van der Waals surface area contributed by atoms with Gasteiger partial charge < -0.3 is 10.2 Å². The van der Waals surface area contributed by atoms with Crippen molar-refractivity contribution >= 4 is 11.6 Å². The summed E-state index contributed by atoms with van der Waals surface area (Å²) in [5.74, 6) is 6.18. The first-order chi connectivity index (χ1) is 10.1. The fraction of sp³-hybridized carbons (Fsp3) is 0.167. The van der Waals surface area contributed by atoms with Gasteiger partial charge in [0.05, 0.1) is 6.54 Å². The number of rotatable bonds is 3. The number of carbonyl (C=O) groups excluding carboxylic acids is 1. The molecule has 0 aliphatic heterocycles. The van der Waals surface area contributed by atoms with Gasteiger partial charge in [-0.1, -0.05) is 30.0 Å². The van der Waals surface area contributed by atoms with E-state index in [1.54, 1.807) is 0 Å². The first kappa shape index (κ1) is 14.8. The van der Waals surface area contributed by atoms with E-state index in [0.717, 1.165) is 16.8 Å². The van der Waals surface area contributed by atoms with E-state index in [0.29, 0.717) is 6.54 Å². The van der Waals surface area contributed by atoms with Crippen LogP contribution < -0.4 is 5.32 Å². The Labute approximate surface area is 125 Å². The molecule has 2 rings (SSSR count). The number of nitrogens with one attached hydrogen (secondary N) is 1. The third-order valence-electron chi connectivity index (χ3n) is 2.75. The summed E-state index contributed by atoms with van der Waals surface area (Å²) in [4.78, 5) is 13.5. The summed E-state index contributed by atoms with van der Waals surface area (Å²) in [5, 5.41) is 2.85. The van der Waals surface area contributed by atoms with E-state index < -0.39 is 0 Å². The lowest BCUT2D eigenvalue weighted by Gasteiger charge is -2.09. The van der Waals surface area contributed by atoms with Gasteiger partial charge in [0.25, 0.3) is 0 Å². The Morgan fingerprint density at radius 2 is 1.52 bits per heavy atom. The van der Waals surface area contributed by atoms with E-state index in [2.05, 4.69) is 17.2 Å². The Hall–Kier alpha value is -2.57. The minimum atomic E-state index is -0.0249. The Morgan fingerprint density at radius 1 is 0.952 bits per heavy atom. The van der Waals surface area contributed by atoms with Crippen molar-refractivity contribution in [3.63, 3.8) is 0 Å². The quantitative estimate of drug-likeness (QED) is 0.875. The highest BCUT2D eigenvalue weighted by Gasteiger charge is 2.02. The minimum absolute atomic E-state index is 0.0249. The van der Waals surface area contributed by atoms with Gasteiger partial charge in [-0.25, -0.2) is 0 Å². The standard InChI is InChI=1S/C18H18N2O/c1-20(2)14-18(21)19-17-12-10-16(11-13-17)9-8-15-6-4-3-5-7-15/h3-7,10-13H,14H2,1-2H3,(H,19,21). The number of hydrogen-bond donors (Lipinski definition) is 1. The average Bonchev–Trinajstić information content (AvgIpc) is 2.47. The van der Waals surface area contributed by atoms with Gasteiger partial charge in [0.15, 0.2) is 0 Å². The summed E-state index contributed by atoms with van der Waals surface area (Å²) in [6.07, 6.45) is 0. The van der Waals surface area contributed by atoms with Crippen LogP contribution in [0.25, 0.3) is 0 Å². The maximum Gasteiger partial charge on any atom is 0.238 e. The molecule has 2 aromatic carbocycles. The zero-order valence-corrected chi connectivity index (χ0v) is 12.3. The van der Waals surface area contributed by atoms with Crippen molar-refractivity contribution in [2.24, 2.45) is 0 Å². The first-order valence-corrected chi connectivity index (χ1v) is 6.75. The molecule has 0 heterocycles. The summed E-state index contributed by atoms with van der Waals surface area (Å²) in [5.41, 5.74) is 2.69. The van der Waals surface area contributed by atoms with Gasteiger partial charge in [-0.2, -0.15) is 0 Å². The number of amides is 1. The van der Waals surface area contributed by atoms with E-state index in [-0.39, 0.29) is 5.91 Å². The van der Waals surface area contributed by atoms with Crippen LogP contribution in [0.2, 0.25) is 0 Å². The lowest BCUT2D eigenvalue weighted by atomic mass is 10.1. The fourth-order valence-corrected chi connectivity index (χ4v) is 1.79. The predicted octanol–water partition coefficient (Wildman–Crippen LogP) is 2.59. The zero-order chi connectivity index (χ0) is 15.1. The highest BCUT2D eigenvalue weighted by atomic mass is 16.2. The maximum atomic E-state index is 11.6. The lowest BCUT2D eigenvalue weighted by Crippen LogP contribution is -2.27. The van der Waals surface area contributed by atoms with E-state index in [9.17, 15) is 4.79 Å². The monoisotopic (exact) mass is 278 g/mol. The molecular formula is C18H18N2O. The highest BCUT2D eigenvalue weighted by molar-refractivity contribution is 5.92. The normalized spacial score (nSPS) is 9.86. The van der Waals surface area contributed by atoms with Crippen LogP contribution in [0, 0.1) is 11.8 Å². The van der Waals surface area contributed by atoms with E-state index in [1.165, 1.54) is 0 Å². The number of anilines is 1. The molecule has 3 nitrogen and oxygen atoms in total. The molecule has 1 N–H and O–H groups in total. The molecule has 0 fully saturated rings. The van der Waals surface area contributed by atoms with E-state index >= 15 is 0 Å². The molecule has 106 valence electrons. The number of carbonyl (C=O) groups is 1. The zero-order valence-electron chi connectivity index (χ0n) is 12.3. The van der Waals surface area contributed by atoms with Crippen molar-refractivity contribution in [1.29, 1.82) is 0 Å². The second-order valence-corrected chi connectivity index (χ2v) is 4.98. The van der Waals surface area contributed by atoms with Crippen LogP contribution in [0.4, 0.5) is 5.69 Å². The Morgan fingerprint density at radius 3 is 2.10 bits per heavy atom. The molecule has 0 aliphatic carbocycles. The number of hydrogen-bond acceptors (Lipinski definition) is 2. The Kier molecular flexibility index (Phi) is 5.14. The summed E-state index contributed by atoms with van der Waals surface area (Å²) < 4.78 is 0. The lowest BCUT2D eigenvalue weighted by molar-refractivity contribution is -0.116. The predicted molar refractivity (Wildman–Crippen MR) is 86.0 cm³/mol. The van der Waals surface area contributed by atoms with Crippen LogP contribution in [0.15, 0.2) is 54.6 Å². The average molecular weight is 278 g/mol. The van der Waals surface area contributed by atoms with Crippen LogP contribution in [0.1, 0.15) is 11.1 Å². The van der Waals surface area contributed by atoms with Gasteiger partial charge in [0, 0.05) is 16.8 Å². The van der Waals surface area contributed by atoms with Crippen molar-refractivity contribution < 1.29 is 4.79 Å². The molecule has 0 unspecified atom stereocenters. The number of benzene rings is 2. The topological polar surface area (TPSA) is 32.3 Å². The van der Waals surface area contributed by atoms with Gasteiger partial charge in [-0.15, -0.1) is 0 Å². The van der Waals surface area contributed by atoms with Crippen LogP contribution in [0.3, 0.4) is 0 Å². The number of likely N-dealkylation sites (N-methyl/N-ethyl adjacent to an activating group) is 1. The Bertz CT molecular complexity index is 649. The molecule has 0 saturated carbocycles. The molecule has 0 spiro atoms. The van der Waals surface area contributed by atoms with Crippen molar-refractivity contribution in [2.45, 2.75) is 0 Å². The van der Waals surface area contributed by atoms with Crippen LogP contribution >= 0.6 is 0 Å². The summed E-state index contributed by atoms with van der Waals surface area (Å²) in [6.45, 7) is 0.371. The van der Waals surface area contributed by atoms with Crippen molar-refractivity contribution in [1.82, 2.24) is 4.90 Å². The molecule has 3 heteroatoms. The highest BCUT2D eigenvalue weighted by Crippen LogP contribution is 2.09. The third-order valence-corrected chi connectivity index (χ3v) is 2.75. The van der Waals surface area contributed by atoms with E-state index in [1.807, 2.05) is 73.6 Å². The number of nitrogens with zero attached hydrogens (tertiary/aromatic N) is 1. The van der Waals surface area contributed by atoms with Crippen molar-refractivity contribution in [3.8, 4) is 11.8 Å². The van der Waals surface area contributed by atoms with Gasteiger partial charge in [-0.05, 0) is 50.5 Å². The minimum Gasteiger partial charge on any atom is -0.325 e. The summed E-state index contributed by atoms with van der Waals surface area (Å²) >= 11 is 0. The van der Waals surface area contributed by atoms with Gasteiger partial charge in [0.1, 0.15) is 0 Å². The molecule has 0 bridgehead atoms. The molecule has 0 radical (unpaired) electrons.